The normalized spacial score (nSPS) is 15.8. The van der Waals surface area contributed by atoms with E-state index in [1.165, 1.54) is 0 Å². The number of nitrogens with zero attached hydrogens (tertiary/aromatic N) is 1. The van der Waals surface area contributed by atoms with Gasteiger partial charge >= 0.3 is 0 Å². The number of carbonyl (C=O) groups is 1. The van der Waals surface area contributed by atoms with Gasteiger partial charge in [-0.2, -0.15) is 0 Å². The average Bonchev–Trinajstić information content (AvgIpc) is 2.71. The number of aryl methyl sites for hydroxylation is 1. The summed E-state index contributed by atoms with van der Waals surface area (Å²) in [5.74, 6) is 0.546. The van der Waals surface area contributed by atoms with Gasteiger partial charge in [-0.1, -0.05) is 43.0 Å². The third kappa shape index (κ3) is 4.65. The fraction of sp³-hybridized carbons (Fsp3) is 0.455. The van der Waals surface area contributed by atoms with Crippen LogP contribution in [0.2, 0.25) is 5.02 Å². The van der Waals surface area contributed by atoms with E-state index >= 15 is 0 Å². The Morgan fingerprint density at radius 2 is 1.82 bits per heavy atom. The van der Waals surface area contributed by atoms with Gasteiger partial charge in [0, 0.05) is 18.2 Å². The minimum Gasteiger partial charge on any atom is -0.475 e. The van der Waals surface area contributed by atoms with Crippen molar-refractivity contribution in [3.05, 3.63) is 52.7 Å². The number of benzene rings is 1. The Kier molecular flexibility index (Phi) is 6.92. The Hall–Kier alpha value is -2.11. The molecule has 1 heterocycles. The lowest BCUT2D eigenvalue weighted by atomic mass is 9.68. The third-order valence-electron chi connectivity index (χ3n) is 5.38. The van der Waals surface area contributed by atoms with Gasteiger partial charge in [-0.3, -0.25) is 4.79 Å². The number of carbonyl (C=O) groups excluding carboxylic acids is 1. The Bertz CT molecular complexity index is 802. The van der Waals surface area contributed by atoms with Crippen molar-refractivity contribution in [3.8, 4) is 5.88 Å². The second-order valence-electron chi connectivity index (χ2n) is 7.23. The molecule has 3 rings (SSSR count). The summed E-state index contributed by atoms with van der Waals surface area (Å²) in [6.07, 6.45) is 4.92. The van der Waals surface area contributed by atoms with Gasteiger partial charge in [0.15, 0.2) is 0 Å². The molecule has 28 heavy (non-hydrogen) atoms. The molecule has 0 bridgehead atoms. The third-order valence-corrected chi connectivity index (χ3v) is 5.64. The van der Waals surface area contributed by atoms with E-state index in [-0.39, 0.29) is 5.91 Å². The topological polar surface area (TPSA) is 60.5 Å². The highest BCUT2D eigenvalue weighted by atomic mass is 35.5. The van der Waals surface area contributed by atoms with Crippen molar-refractivity contribution < 1.29 is 14.3 Å². The van der Waals surface area contributed by atoms with Crippen molar-refractivity contribution in [2.45, 2.75) is 44.4 Å². The average molecular weight is 403 g/mol. The molecular formula is C22H27ClN2O3. The summed E-state index contributed by atoms with van der Waals surface area (Å²) in [6, 6.07) is 11.3. The first kappa shape index (κ1) is 20.6. The van der Waals surface area contributed by atoms with Gasteiger partial charge in [-0.05, 0) is 43.5 Å². The van der Waals surface area contributed by atoms with Gasteiger partial charge in [0.05, 0.1) is 23.4 Å². The van der Waals surface area contributed by atoms with Gasteiger partial charge in [0.1, 0.15) is 6.61 Å². The smallest absolute Gasteiger partial charge is 0.235 e. The van der Waals surface area contributed by atoms with Crippen molar-refractivity contribution in [1.29, 1.82) is 0 Å². The number of methoxy groups -OCH3 is 1. The summed E-state index contributed by atoms with van der Waals surface area (Å²) in [5, 5.41) is 3.79. The molecule has 0 spiro atoms. The molecule has 0 radical (unpaired) electrons. The molecule has 0 saturated heterocycles. The fourth-order valence-electron chi connectivity index (χ4n) is 3.79. The van der Waals surface area contributed by atoms with E-state index in [1.54, 1.807) is 13.2 Å². The molecule has 6 heteroatoms. The maximum Gasteiger partial charge on any atom is 0.235 e. The number of hydrogen-bond acceptors (Lipinski definition) is 4. The zero-order valence-electron chi connectivity index (χ0n) is 16.5. The van der Waals surface area contributed by atoms with Gasteiger partial charge in [-0.15, -0.1) is 0 Å². The lowest BCUT2D eigenvalue weighted by Crippen LogP contribution is -2.42. The Morgan fingerprint density at radius 1 is 1.11 bits per heavy atom. The predicted molar refractivity (Wildman–Crippen MR) is 111 cm³/mol. The number of halogens is 1. The number of ether oxygens (including phenoxy) is 2. The van der Waals surface area contributed by atoms with E-state index in [0.29, 0.717) is 29.8 Å². The largest absolute Gasteiger partial charge is 0.475 e. The van der Waals surface area contributed by atoms with Crippen LogP contribution in [0.3, 0.4) is 0 Å². The Balaban J connectivity index is 1.79. The van der Waals surface area contributed by atoms with E-state index in [0.717, 1.165) is 43.4 Å². The van der Waals surface area contributed by atoms with Crippen LogP contribution in [0.25, 0.3) is 0 Å². The molecule has 5 nitrogen and oxygen atoms in total. The standard InChI is InChI=1S/C22H27ClN2O3/c1-16-19(10-11-20(24-16)28-15-14-27-2)25-21(26)22(12-4-3-5-13-22)17-6-8-18(23)9-7-17/h6-11H,3-5,12-15H2,1-2H3,(H,25,26). The van der Waals surface area contributed by atoms with Crippen molar-refractivity contribution >= 4 is 23.2 Å². The van der Waals surface area contributed by atoms with E-state index in [9.17, 15) is 4.79 Å². The predicted octanol–water partition coefficient (Wildman–Crippen LogP) is 4.91. The van der Waals surface area contributed by atoms with Crippen LogP contribution < -0.4 is 10.1 Å². The Morgan fingerprint density at radius 3 is 2.46 bits per heavy atom. The fourth-order valence-corrected chi connectivity index (χ4v) is 3.92. The zero-order chi connectivity index (χ0) is 20.0. The first-order valence-corrected chi connectivity index (χ1v) is 10.1. The maximum atomic E-state index is 13.4. The number of nitrogens with one attached hydrogen (secondary N) is 1. The number of aromatic nitrogens is 1. The molecule has 1 aromatic heterocycles. The second-order valence-corrected chi connectivity index (χ2v) is 7.66. The van der Waals surface area contributed by atoms with Crippen LogP contribution in [0.4, 0.5) is 5.69 Å². The van der Waals surface area contributed by atoms with E-state index in [2.05, 4.69) is 10.3 Å². The summed E-state index contributed by atoms with van der Waals surface area (Å²) in [7, 11) is 1.63. The molecule has 1 N–H and O–H groups in total. The molecule has 0 unspecified atom stereocenters. The van der Waals surface area contributed by atoms with Gasteiger partial charge in [-0.25, -0.2) is 4.98 Å². The lowest BCUT2D eigenvalue weighted by molar-refractivity contribution is -0.122. The van der Waals surface area contributed by atoms with E-state index in [1.807, 2.05) is 37.3 Å². The van der Waals surface area contributed by atoms with Crippen LogP contribution in [0.1, 0.15) is 43.4 Å². The summed E-state index contributed by atoms with van der Waals surface area (Å²) in [5.41, 5.74) is 1.94. The van der Waals surface area contributed by atoms with E-state index in [4.69, 9.17) is 21.1 Å². The van der Waals surface area contributed by atoms with Crippen LogP contribution >= 0.6 is 11.6 Å². The summed E-state index contributed by atoms with van der Waals surface area (Å²) < 4.78 is 10.5. The number of pyridine rings is 1. The molecule has 150 valence electrons. The quantitative estimate of drug-likeness (QED) is 0.668. The van der Waals surface area contributed by atoms with Crippen molar-refractivity contribution in [3.63, 3.8) is 0 Å². The van der Waals surface area contributed by atoms with E-state index < -0.39 is 5.41 Å². The highest BCUT2D eigenvalue weighted by Gasteiger charge is 2.41. The second kappa shape index (κ2) is 9.39. The van der Waals surface area contributed by atoms with Crippen LogP contribution in [-0.4, -0.2) is 31.2 Å². The molecule has 1 aromatic carbocycles. The molecule has 1 amide bonds. The summed E-state index contributed by atoms with van der Waals surface area (Å²) >= 11 is 6.06. The van der Waals surface area contributed by atoms with Gasteiger partial charge in [0.25, 0.3) is 0 Å². The molecule has 2 aromatic rings. The molecule has 0 aliphatic heterocycles. The molecule has 0 atom stereocenters. The van der Waals surface area contributed by atoms with Crippen molar-refractivity contribution in [2.75, 3.05) is 25.6 Å². The number of hydrogen-bond donors (Lipinski definition) is 1. The number of anilines is 1. The minimum absolute atomic E-state index is 0.0208. The summed E-state index contributed by atoms with van der Waals surface area (Å²) in [6.45, 7) is 2.81. The van der Waals surface area contributed by atoms with Crippen LogP contribution in [0.5, 0.6) is 5.88 Å². The molecule has 1 aliphatic carbocycles. The van der Waals surface area contributed by atoms with Crippen molar-refractivity contribution in [2.24, 2.45) is 0 Å². The highest BCUT2D eigenvalue weighted by molar-refractivity contribution is 6.30. The van der Waals surface area contributed by atoms with Crippen LogP contribution in [-0.2, 0) is 14.9 Å². The summed E-state index contributed by atoms with van der Waals surface area (Å²) in [4.78, 5) is 17.8. The zero-order valence-corrected chi connectivity index (χ0v) is 17.2. The maximum absolute atomic E-state index is 13.4. The van der Waals surface area contributed by atoms with Gasteiger partial charge in [0.2, 0.25) is 11.8 Å². The first-order chi connectivity index (χ1) is 13.5. The Labute approximate surface area is 171 Å². The van der Waals surface area contributed by atoms with Crippen molar-refractivity contribution in [1.82, 2.24) is 4.98 Å². The molecule has 1 fully saturated rings. The first-order valence-electron chi connectivity index (χ1n) is 9.72. The minimum atomic E-state index is -0.525. The molecular weight excluding hydrogens is 376 g/mol. The molecule has 1 aliphatic rings. The SMILES string of the molecule is COCCOc1ccc(NC(=O)C2(c3ccc(Cl)cc3)CCCCC2)c(C)n1. The van der Waals surface area contributed by atoms with Gasteiger partial charge < -0.3 is 14.8 Å². The van der Waals surface area contributed by atoms with Crippen LogP contribution in [0.15, 0.2) is 36.4 Å². The number of rotatable bonds is 7. The lowest BCUT2D eigenvalue weighted by Gasteiger charge is -2.36. The monoisotopic (exact) mass is 402 g/mol. The highest BCUT2D eigenvalue weighted by Crippen LogP contribution is 2.41. The molecule has 1 saturated carbocycles. The van der Waals surface area contributed by atoms with Crippen LogP contribution in [0, 0.1) is 6.92 Å². The number of amides is 1.